The fourth-order valence-corrected chi connectivity index (χ4v) is 2.25. The van der Waals surface area contributed by atoms with Crippen LogP contribution in [0.25, 0.3) is 0 Å². The zero-order chi connectivity index (χ0) is 10.9. The maximum atomic E-state index is 5.80. The van der Waals surface area contributed by atoms with Crippen LogP contribution in [-0.4, -0.2) is 18.1 Å². The van der Waals surface area contributed by atoms with Gasteiger partial charge in [0.2, 0.25) is 0 Å². The van der Waals surface area contributed by atoms with E-state index in [-0.39, 0.29) is 0 Å². The minimum absolute atomic E-state index is 0.790. The molecule has 0 aliphatic rings. The van der Waals surface area contributed by atoms with Crippen LogP contribution < -0.4 is 5.32 Å². The van der Waals surface area contributed by atoms with Crippen molar-refractivity contribution in [2.24, 2.45) is 0 Å². The molecular formula is C12H18ClNS. The molecular weight excluding hydrogens is 226 g/mol. The van der Waals surface area contributed by atoms with Gasteiger partial charge in [0.25, 0.3) is 0 Å². The summed E-state index contributed by atoms with van der Waals surface area (Å²) in [5, 5.41) is 4.16. The van der Waals surface area contributed by atoms with Crippen LogP contribution >= 0.6 is 23.4 Å². The minimum atomic E-state index is 0.790. The number of halogens is 1. The third-order valence-corrected chi connectivity index (χ3v) is 3.38. The molecule has 0 heterocycles. The molecule has 1 nitrogen and oxygen atoms in total. The van der Waals surface area contributed by atoms with Crippen LogP contribution in [0, 0.1) is 0 Å². The molecule has 3 heteroatoms. The molecule has 84 valence electrons. The lowest BCUT2D eigenvalue weighted by atomic mass is 10.3. The van der Waals surface area contributed by atoms with Crippen molar-refractivity contribution in [2.45, 2.75) is 19.8 Å². The summed E-state index contributed by atoms with van der Waals surface area (Å²) in [7, 11) is 0. The summed E-state index contributed by atoms with van der Waals surface area (Å²) < 4.78 is 0. The predicted octanol–water partition coefficient (Wildman–Crippen LogP) is 4.29. The lowest BCUT2D eigenvalue weighted by Crippen LogP contribution is -2.04. The molecule has 15 heavy (non-hydrogen) atoms. The topological polar surface area (TPSA) is 12.0 Å². The fraction of sp³-hybridized carbons (Fsp3) is 0.500. The highest BCUT2D eigenvalue weighted by molar-refractivity contribution is 7.99. The van der Waals surface area contributed by atoms with Gasteiger partial charge in [0, 0.05) is 23.0 Å². The SMILES string of the molecule is CCCCSCCNc1ccc(Cl)cc1. The Morgan fingerprint density at radius 2 is 1.93 bits per heavy atom. The monoisotopic (exact) mass is 243 g/mol. The van der Waals surface area contributed by atoms with Crippen LogP contribution in [0.3, 0.4) is 0 Å². The number of rotatable bonds is 7. The van der Waals surface area contributed by atoms with E-state index in [1.165, 1.54) is 24.3 Å². The van der Waals surface area contributed by atoms with Crippen LogP contribution in [0.5, 0.6) is 0 Å². The van der Waals surface area contributed by atoms with Crippen LogP contribution in [0.1, 0.15) is 19.8 Å². The second-order valence-corrected chi connectivity index (χ2v) is 5.06. The average Bonchev–Trinajstić information content (AvgIpc) is 2.26. The highest BCUT2D eigenvalue weighted by Gasteiger charge is 1.92. The second kappa shape index (κ2) is 7.89. The average molecular weight is 244 g/mol. The van der Waals surface area contributed by atoms with Crippen molar-refractivity contribution in [2.75, 3.05) is 23.4 Å². The molecule has 0 radical (unpaired) electrons. The molecule has 0 amide bonds. The molecule has 0 saturated carbocycles. The van der Waals surface area contributed by atoms with Crippen molar-refractivity contribution in [3.63, 3.8) is 0 Å². The number of hydrogen-bond acceptors (Lipinski definition) is 2. The molecule has 0 aromatic heterocycles. The highest BCUT2D eigenvalue weighted by atomic mass is 35.5. The summed E-state index contributed by atoms with van der Waals surface area (Å²) in [6, 6.07) is 7.85. The van der Waals surface area contributed by atoms with E-state index in [0.29, 0.717) is 0 Å². The number of anilines is 1. The lowest BCUT2D eigenvalue weighted by molar-refractivity contribution is 0.896. The summed E-state index contributed by atoms with van der Waals surface area (Å²) in [6.07, 6.45) is 2.61. The summed E-state index contributed by atoms with van der Waals surface area (Å²) in [5.74, 6) is 2.45. The van der Waals surface area contributed by atoms with Crippen LogP contribution in [0.15, 0.2) is 24.3 Å². The third-order valence-electron chi connectivity index (χ3n) is 2.06. The molecule has 0 atom stereocenters. The molecule has 0 fully saturated rings. The molecule has 0 unspecified atom stereocenters. The Morgan fingerprint density at radius 1 is 1.20 bits per heavy atom. The minimum Gasteiger partial charge on any atom is -0.384 e. The molecule has 0 spiro atoms. The van der Waals surface area contributed by atoms with Gasteiger partial charge in [-0.15, -0.1) is 0 Å². The Bertz CT molecular complexity index is 261. The quantitative estimate of drug-likeness (QED) is 0.718. The van der Waals surface area contributed by atoms with Crippen LogP contribution in [0.2, 0.25) is 5.02 Å². The molecule has 0 aliphatic heterocycles. The molecule has 0 saturated heterocycles. The van der Waals surface area contributed by atoms with Crippen molar-refractivity contribution in [3.05, 3.63) is 29.3 Å². The van der Waals surface area contributed by atoms with Gasteiger partial charge in [-0.1, -0.05) is 24.9 Å². The standard InChI is InChI=1S/C12H18ClNS/c1-2-3-9-15-10-8-14-12-6-4-11(13)5-7-12/h4-7,14H,2-3,8-10H2,1H3. The predicted molar refractivity (Wildman–Crippen MR) is 72.2 cm³/mol. The van der Waals surface area contributed by atoms with E-state index in [9.17, 15) is 0 Å². The maximum Gasteiger partial charge on any atom is 0.0407 e. The van der Waals surface area contributed by atoms with E-state index in [4.69, 9.17) is 11.6 Å². The van der Waals surface area contributed by atoms with Crippen molar-refractivity contribution < 1.29 is 0 Å². The summed E-state index contributed by atoms with van der Waals surface area (Å²) in [6.45, 7) is 3.25. The smallest absolute Gasteiger partial charge is 0.0407 e. The molecule has 1 aromatic carbocycles. The number of nitrogens with one attached hydrogen (secondary N) is 1. The number of unbranched alkanes of at least 4 members (excludes halogenated alkanes) is 1. The Morgan fingerprint density at radius 3 is 2.60 bits per heavy atom. The van der Waals surface area contributed by atoms with Crippen LogP contribution in [-0.2, 0) is 0 Å². The van der Waals surface area contributed by atoms with Gasteiger partial charge >= 0.3 is 0 Å². The van der Waals surface area contributed by atoms with Gasteiger partial charge in [0.15, 0.2) is 0 Å². The van der Waals surface area contributed by atoms with Gasteiger partial charge in [-0.2, -0.15) is 11.8 Å². The summed E-state index contributed by atoms with van der Waals surface area (Å²) >= 11 is 7.81. The van der Waals surface area contributed by atoms with E-state index in [0.717, 1.165) is 17.3 Å². The molecule has 1 rings (SSSR count). The van der Waals surface area contributed by atoms with E-state index >= 15 is 0 Å². The second-order valence-electron chi connectivity index (χ2n) is 3.40. The van der Waals surface area contributed by atoms with E-state index in [1.807, 2.05) is 36.0 Å². The largest absolute Gasteiger partial charge is 0.384 e. The normalized spacial score (nSPS) is 10.3. The maximum absolute atomic E-state index is 5.80. The molecule has 1 N–H and O–H groups in total. The van der Waals surface area contributed by atoms with E-state index in [2.05, 4.69) is 12.2 Å². The first-order valence-corrected chi connectivity index (χ1v) is 6.93. The van der Waals surface area contributed by atoms with Gasteiger partial charge in [-0.3, -0.25) is 0 Å². The number of hydrogen-bond donors (Lipinski definition) is 1. The molecule has 0 bridgehead atoms. The highest BCUT2D eigenvalue weighted by Crippen LogP contribution is 2.13. The van der Waals surface area contributed by atoms with Gasteiger partial charge < -0.3 is 5.32 Å². The first-order valence-electron chi connectivity index (χ1n) is 5.40. The number of thioether (sulfide) groups is 1. The van der Waals surface area contributed by atoms with Crippen molar-refractivity contribution in [1.29, 1.82) is 0 Å². The van der Waals surface area contributed by atoms with Gasteiger partial charge in [0.1, 0.15) is 0 Å². The first kappa shape index (κ1) is 12.7. The van der Waals surface area contributed by atoms with Crippen molar-refractivity contribution >= 4 is 29.1 Å². The summed E-state index contributed by atoms with van der Waals surface area (Å²) in [5.41, 5.74) is 1.15. The van der Waals surface area contributed by atoms with Gasteiger partial charge in [-0.25, -0.2) is 0 Å². The fourth-order valence-electron chi connectivity index (χ4n) is 1.18. The Kier molecular flexibility index (Phi) is 6.69. The lowest BCUT2D eigenvalue weighted by Gasteiger charge is -2.05. The van der Waals surface area contributed by atoms with E-state index in [1.54, 1.807) is 0 Å². The Labute approximate surface area is 102 Å². The number of benzene rings is 1. The summed E-state index contributed by atoms with van der Waals surface area (Å²) in [4.78, 5) is 0. The van der Waals surface area contributed by atoms with Crippen molar-refractivity contribution in [3.8, 4) is 0 Å². The zero-order valence-corrected chi connectivity index (χ0v) is 10.7. The van der Waals surface area contributed by atoms with Gasteiger partial charge in [0.05, 0.1) is 0 Å². The molecule has 0 aliphatic carbocycles. The Hall–Kier alpha value is -0.340. The third kappa shape index (κ3) is 5.95. The zero-order valence-electron chi connectivity index (χ0n) is 9.13. The molecule has 1 aromatic rings. The van der Waals surface area contributed by atoms with Crippen molar-refractivity contribution in [1.82, 2.24) is 0 Å². The van der Waals surface area contributed by atoms with E-state index < -0.39 is 0 Å². The Balaban J connectivity index is 2.07. The first-order chi connectivity index (χ1) is 7.33. The van der Waals surface area contributed by atoms with Crippen LogP contribution in [0.4, 0.5) is 5.69 Å². The van der Waals surface area contributed by atoms with Gasteiger partial charge in [-0.05, 0) is 36.4 Å².